The Morgan fingerprint density at radius 1 is 0.778 bits per heavy atom. The van der Waals surface area contributed by atoms with E-state index in [-0.39, 0.29) is 7.92 Å². The van der Waals surface area contributed by atoms with Crippen LogP contribution in [0.15, 0.2) is 24.3 Å². The van der Waals surface area contributed by atoms with Crippen molar-refractivity contribution >= 4 is 32.2 Å². The monoisotopic (exact) mass is 326 g/mol. The summed E-state index contributed by atoms with van der Waals surface area (Å²) >= 11 is -0.721. The van der Waals surface area contributed by atoms with Gasteiger partial charge in [0.1, 0.15) is 0 Å². The molecule has 0 aromatic heterocycles. The van der Waals surface area contributed by atoms with E-state index < -0.39 is 14.7 Å². The Kier molecular flexibility index (Phi) is 5.13. The van der Waals surface area contributed by atoms with E-state index in [9.17, 15) is 0 Å². The van der Waals surface area contributed by atoms with Crippen molar-refractivity contribution in [2.24, 2.45) is 0 Å². The average molecular weight is 326 g/mol. The molecule has 1 aromatic carbocycles. The fourth-order valence-corrected chi connectivity index (χ4v) is 8.25. The Balaban J connectivity index is 3.16. The summed E-state index contributed by atoms with van der Waals surface area (Å²) in [5.74, 6) is 0. The van der Waals surface area contributed by atoms with Crippen LogP contribution in [-0.2, 0) is 0 Å². The van der Waals surface area contributed by atoms with E-state index in [1.165, 1.54) is 0 Å². The minimum atomic E-state index is -0.721. The van der Waals surface area contributed by atoms with E-state index in [4.69, 9.17) is 0 Å². The van der Waals surface area contributed by atoms with Crippen molar-refractivity contribution in [3.63, 3.8) is 0 Å². The molecule has 0 saturated heterocycles. The van der Waals surface area contributed by atoms with Crippen LogP contribution in [0.3, 0.4) is 0 Å². The topological polar surface area (TPSA) is 0 Å². The van der Waals surface area contributed by atoms with Gasteiger partial charge in [-0.3, -0.25) is 0 Å². The third-order valence-electron chi connectivity index (χ3n) is 2.97. The summed E-state index contributed by atoms with van der Waals surface area (Å²) in [4.78, 5) is 0. The second-order valence-electron chi connectivity index (χ2n) is 7.09. The van der Waals surface area contributed by atoms with Crippen molar-refractivity contribution in [2.75, 3.05) is 0 Å². The summed E-state index contributed by atoms with van der Waals surface area (Å²) in [7, 11) is -0.153. The zero-order chi connectivity index (χ0) is 14.1. The van der Waals surface area contributed by atoms with Gasteiger partial charge < -0.3 is 0 Å². The van der Waals surface area contributed by atoms with Crippen molar-refractivity contribution in [3.05, 3.63) is 24.3 Å². The molecule has 0 aliphatic heterocycles. The third-order valence-corrected chi connectivity index (χ3v) is 9.26. The Bertz CT molecular complexity index is 365. The molecule has 102 valence electrons. The van der Waals surface area contributed by atoms with Crippen LogP contribution in [0.25, 0.3) is 0 Å². The quantitative estimate of drug-likeness (QED) is 0.560. The van der Waals surface area contributed by atoms with Crippen LogP contribution in [0.5, 0.6) is 0 Å². The number of rotatable bonds is 2. The molecule has 0 nitrogen and oxygen atoms in total. The van der Waals surface area contributed by atoms with Crippen LogP contribution >= 0.6 is 7.92 Å². The first-order valence-corrected chi connectivity index (χ1v) is 12.6. The average Bonchev–Trinajstić information content (AvgIpc) is 2.13. The molecule has 0 heterocycles. The normalized spacial score (nSPS) is 13.4. The zero-order valence-electron chi connectivity index (χ0n) is 13.2. The molecule has 0 N–H and O–H groups in total. The molecule has 2 heteroatoms. The van der Waals surface area contributed by atoms with Crippen molar-refractivity contribution in [3.8, 4) is 0 Å². The molecule has 1 rings (SSSR count). The van der Waals surface area contributed by atoms with E-state index in [1.807, 2.05) is 0 Å². The summed E-state index contributed by atoms with van der Waals surface area (Å²) in [5.41, 5.74) is 4.80. The molecule has 0 spiro atoms. The van der Waals surface area contributed by atoms with Gasteiger partial charge in [0.2, 0.25) is 0 Å². The molecular formula is C16H28AsP. The van der Waals surface area contributed by atoms with E-state index in [2.05, 4.69) is 77.2 Å². The van der Waals surface area contributed by atoms with Gasteiger partial charge in [-0.15, -0.1) is 0 Å². The molecule has 0 bridgehead atoms. The number of hydrogen-bond donors (Lipinski definition) is 0. The van der Waals surface area contributed by atoms with E-state index in [1.54, 1.807) is 9.66 Å². The van der Waals surface area contributed by atoms with Gasteiger partial charge in [0, 0.05) is 0 Å². The molecule has 0 aliphatic rings. The fourth-order valence-electron chi connectivity index (χ4n) is 2.68. The van der Waals surface area contributed by atoms with Crippen LogP contribution in [0, 0.1) is 0 Å². The maximum atomic E-state index is 2.40. The Labute approximate surface area is 120 Å². The Morgan fingerprint density at radius 3 is 1.44 bits per heavy atom. The molecule has 0 amide bonds. The summed E-state index contributed by atoms with van der Waals surface area (Å²) in [6, 6.07) is 9.54. The number of hydrogen-bond acceptors (Lipinski definition) is 0. The predicted molar refractivity (Wildman–Crippen MR) is 89.6 cm³/mol. The van der Waals surface area contributed by atoms with Crippen LogP contribution < -0.4 is 9.66 Å². The summed E-state index contributed by atoms with van der Waals surface area (Å²) in [6.07, 6.45) is 0. The predicted octanol–water partition coefficient (Wildman–Crippen LogP) is 4.35. The molecule has 0 radical (unpaired) electrons. The van der Waals surface area contributed by atoms with Crippen molar-refractivity contribution in [1.82, 2.24) is 0 Å². The van der Waals surface area contributed by atoms with Gasteiger partial charge in [-0.25, -0.2) is 0 Å². The minimum absolute atomic E-state index is 0.153. The van der Waals surface area contributed by atoms with Gasteiger partial charge in [0.05, 0.1) is 0 Å². The second-order valence-corrected chi connectivity index (χ2v) is 15.8. The first kappa shape index (κ1) is 16.3. The summed E-state index contributed by atoms with van der Waals surface area (Å²) in [6.45, 7) is 14.3. The van der Waals surface area contributed by atoms with E-state index >= 15 is 0 Å². The molecule has 0 saturated carbocycles. The standard InChI is InChI=1S/C16H28AsP/c1-15(2,3)18(16(4,5)6)14-11-9-13(10-12-14)17(7)8/h9-12H,1-8H3. The van der Waals surface area contributed by atoms with Gasteiger partial charge in [-0.2, -0.15) is 0 Å². The summed E-state index contributed by atoms with van der Waals surface area (Å²) < 4.78 is 1.59. The van der Waals surface area contributed by atoms with E-state index in [0.29, 0.717) is 10.3 Å². The van der Waals surface area contributed by atoms with Crippen LogP contribution in [0.1, 0.15) is 41.5 Å². The fraction of sp³-hybridized carbons (Fsp3) is 0.625. The second kappa shape index (κ2) is 5.68. The van der Waals surface area contributed by atoms with Crippen LogP contribution in [0.4, 0.5) is 0 Å². The van der Waals surface area contributed by atoms with Crippen molar-refractivity contribution in [1.29, 1.82) is 0 Å². The first-order valence-electron chi connectivity index (χ1n) is 6.61. The molecule has 0 aliphatic carbocycles. The van der Waals surface area contributed by atoms with Gasteiger partial charge >= 0.3 is 120 Å². The van der Waals surface area contributed by atoms with Crippen molar-refractivity contribution in [2.45, 2.75) is 63.3 Å². The SMILES string of the molecule is C[As](C)c1ccc(P(C(C)(C)C)C(C)(C)C)cc1. The Hall–Kier alpha value is 0.208. The van der Waals surface area contributed by atoms with Crippen LogP contribution in [-0.4, -0.2) is 25.0 Å². The molecular weight excluding hydrogens is 298 g/mol. The Morgan fingerprint density at radius 2 is 1.17 bits per heavy atom. The maximum absolute atomic E-state index is 2.40. The summed E-state index contributed by atoms with van der Waals surface area (Å²) in [5, 5.41) is 2.29. The van der Waals surface area contributed by atoms with Gasteiger partial charge in [-0.05, 0) is 0 Å². The molecule has 0 fully saturated rings. The van der Waals surface area contributed by atoms with Crippen LogP contribution in [0.2, 0.25) is 11.4 Å². The third kappa shape index (κ3) is 4.11. The molecule has 0 unspecified atom stereocenters. The number of benzene rings is 1. The van der Waals surface area contributed by atoms with Gasteiger partial charge in [-0.1, -0.05) is 0 Å². The molecule has 0 atom stereocenters. The van der Waals surface area contributed by atoms with Crippen molar-refractivity contribution < 1.29 is 0 Å². The van der Waals surface area contributed by atoms with Gasteiger partial charge in [0.15, 0.2) is 0 Å². The molecule has 18 heavy (non-hydrogen) atoms. The first-order chi connectivity index (χ1) is 8.03. The zero-order valence-corrected chi connectivity index (χ0v) is 16.0. The van der Waals surface area contributed by atoms with E-state index in [0.717, 1.165) is 0 Å². The van der Waals surface area contributed by atoms with Gasteiger partial charge in [0.25, 0.3) is 0 Å². The molecule has 1 aromatic rings.